The predicted molar refractivity (Wildman–Crippen MR) is 82.7 cm³/mol. The van der Waals surface area contributed by atoms with Crippen molar-refractivity contribution in [2.45, 2.75) is 33.4 Å². The minimum absolute atomic E-state index is 0.123. The maximum atomic E-state index is 14.0. The average molecular weight is 313 g/mol. The first-order valence-electron chi connectivity index (χ1n) is 7.36. The van der Waals surface area contributed by atoms with Crippen LogP contribution >= 0.6 is 11.6 Å². The molecule has 0 N–H and O–H groups in total. The van der Waals surface area contributed by atoms with Gasteiger partial charge in [0.05, 0.1) is 11.1 Å². The molecule has 0 radical (unpaired) electrons. The van der Waals surface area contributed by atoms with Gasteiger partial charge in [-0.1, -0.05) is 37.6 Å². The van der Waals surface area contributed by atoms with E-state index in [4.69, 9.17) is 11.6 Å². The minimum atomic E-state index is -0.386. The molecule has 5 heteroatoms. The summed E-state index contributed by atoms with van der Waals surface area (Å²) in [4.78, 5) is 16.3. The molecule has 1 atom stereocenters. The Balaban J connectivity index is 2.06. The standard InChI is InChI=1S/C16H22ClFN2O/c1-11(2)9-20-8-7-19(12(3)16(20)21)10-13-5-4-6-14(17)15(13)18/h4-6,11-12H,7-10H2,1-3H3/t12-/m1/s1. The average Bonchev–Trinajstić information content (AvgIpc) is 2.43. The van der Waals surface area contributed by atoms with Gasteiger partial charge >= 0.3 is 0 Å². The molecule has 1 heterocycles. The normalized spacial score (nSPS) is 20.4. The lowest BCUT2D eigenvalue weighted by molar-refractivity contribution is -0.141. The second-order valence-electron chi connectivity index (χ2n) is 6.04. The van der Waals surface area contributed by atoms with Crippen LogP contribution in [0.5, 0.6) is 0 Å². The molecule has 0 saturated carbocycles. The van der Waals surface area contributed by atoms with Gasteiger partial charge in [-0.05, 0) is 18.9 Å². The molecular weight excluding hydrogens is 291 g/mol. The molecule has 0 bridgehead atoms. The topological polar surface area (TPSA) is 23.6 Å². The Hall–Kier alpha value is -1.13. The SMILES string of the molecule is CC(C)CN1CCN(Cc2cccc(Cl)c2F)[C@H](C)C1=O. The van der Waals surface area contributed by atoms with E-state index in [1.165, 1.54) is 6.07 Å². The molecule has 0 spiro atoms. The number of rotatable bonds is 4. The zero-order valence-electron chi connectivity index (χ0n) is 12.8. The summed E-state index contributed by atoms with van der Waals surface area (Å²) in [5, 5.41) is 0.130. The van der Waals surface area contributed by atoms with Crippen LogP contribution in [-0.2, 0) is 11.3 Å². The molecule has 0 unspecified atom stereocenters. The maximum Gasteiger partial charge on any atom is 0.239 e. The fourth-order valence-corrected chi connectivity index (χ4v) is 2.89. The number of benzene rings is 1. The van der Waals surface area contributed by atoms with Crippen LogP contribution in [0, 0.1) is 11.7 Å². The highest BCUT2D eigenvalue weighted by Crippen LogP contribution is 2.22. The summed E-state index contributed by atoms with van der Waals surface area (Å²) in [5.74, 6) is 0.193. The number of nitrogens with zero attached hydrogens (tertiary/aromatic N) is 2. The van der Waals surface area contributed by atoms with E-state index in [1.54, 1.807) is 12.1 Å². The zero-order chi connectivity index (χ0) is 15.6. The Morgan fingerprint density at radius 3 is 2.76 bits per heavy atom. The van der Waals surface area contributed by atoms with E-state index in [1.807, 2.05) is 16.7 Å². The van der Waals surface area contributed by atoms with Gasteiger partial charge < -0.3 is 4.90 Å². The van der Waals surface area contributed by atoms with E-state index in [9.17, 15) is 9.18 Å². The van der Waals surface area contributed by atoms with Crippen LogP contribution in [0.15, 0.2) is 18.2 Å². The molecule has 0 aromatic heterocycles. The first-order valence-corrected chi connectivity index (χ1v) is 7.73. The van der Waals surface area contributed by atoms with Crippen molar-refractivity contribution < 1.29 is 9.18 Å². The number of hydrogen-bond donors (Lipinski definition) is 0. The van der Waals surface area contributed by atoms with Crippen molar-refractivity contribution in [1.29, 1.82) is 0 Å². The monoisotopic (exact) mass is 312 g/mol. The van der Waals surface area contributed by atoms with Gasteiger partial charge in [0.15, 0.2) is 0 Å². The van der Waals surface area contributed by atoms with Gasteiger partial charge in [0, 0.05) is 31.7 Å². The Morgan fingerprint density at radius 1 is 1.38 bits per heavy atom. The molecular formula is C16H22ClFN2O. The zero-order valence-corrected chi connectivity index (χ0v) is 13.5. The Kier molecular flexibility index (Phi) is 5.22. The van der Waals surface area contributed by atoms with Gasteiger partial charge in [-0.2, -0.15) is 0 Å². The Labute approximate surface area is 130 Å². The van der Waals surface area contributed by atoms with E-state index >= 15 is 0 Å². The number of carbonyl (C=O) groups is 1. The van der Waals surface area contributed by atoms with E-state index < -0.39 is 0 Å². The number of amides is 1. The fraction of sp³-hybridized carbons (Fsp3) is 0.562. The van der Waals surface area contributed by atoms with Crippen molar-refractivity contribution in [3.05, 3.63) is 34.6 Å². The third-order valence-electron chi connectivity index (χ3n) is 3.86. The quantitative estimate of drug-likeness (QED) is 0.852. The summed E-state index contributed by atoms with van der Waals surface area (Å²) in [6, 6.07) is 4.77. The molecule has 1 amide bonds. The lowest BCUT2D eigenvalue weighted by Gasteiger charge is -2.39. The van der Waals surface area contributed by atoms with Crippen LogP contribution < -0.4 is 0 Å². The lowest BCUT2D eigenvalue weighted by Crippen LogP contribution is -2.56. The van der Waals surface area contributed by atoms with E-state index in [0.29, 0.717) is 24.6 Å². The molecule has 2 rings (SSSR count). The molecule has 21 heavy (non-hydrogen) atoms. The van der Waals surface area contributed by atoms with Gasteiger partial charge in [-0.25, -0.2) is 4.39 Å². The highest BCUT2D eigenvalue weighted by molar-refractivity contribution is 6.30. The Bertz CT molecular complexity index is 521. The predicted octanol–water partition coefficient (Wildman–Crippen LogP) is 3.17. The van der Waals surface area contributed by atoms with Crippen LogP contribution in [0.3, 0.4) is 0 Å². The first kappa shape index (κ1) is 16.2. The Morgan fingerprint density at radius 2 is 2.10 bits per heavy atom. The fourth-order valence-electron chi connectivity index (χ4n) is 2.70. The van der Waals surface area contributed by atoms with Crippen LogP contribution in [0.4, 0.5) is 4.39 Å². The number of piperazine rings is 1. The summed E-state index contributed by atoms with van der Waals surface area (Å²) < 4.78 is 14.0. The summed E-state index contributed by atoms with van der Waals surface area (Å²) in [7, 11) is 0. The van der Waals surface area contributed by atoms with Gasteiger partial charge in [-0.3, -0.25) is 9.69 Å². The molecule has 1 aliphatic heterocycles. The highest BCUT2D eigenvalue weighted by atomic mass is 35.5. The van der Waals surface area contributed by atoms with Crippen LogP contribution in [0.25, 0.3) is 0 Å². The smallest absolute Gasteiger partial charge is 0.239 e. The lowest BCUT2D eigenvalue weighted by atomic mass is 10.1. The van der Waals surface area contributed by atoms with Crippen LogP contribution in [-0.4, -0.2) is 41.4 Å². The van der Waals surface area contributed by atoms with Gasteiger partial charge in [0.2, 0.25) is 5.91 Å². The van der Waals surface area contributed by atoms with Crippen molar-refractivity contribution in [3.8, 4) is 0 Å². The van der Waals surface area contributed by atoms with E-state index in [-0.39, 0.29) is 22.8 Å². The van der Waals surface area contributed by atoms with Crippen LogP contribution in [0.1, 0.15) is 26.3 Å². The molecule has 1 saturated heterocycles. The molecule has 1 aromatic carbocycles. The number of hydrogen-bond acceptors (Lipinski definition) is 2. The summed E-state index contributed by atoms with van der Waals surface area (Å²) in [5.41, 5.74) is 0.541. The second kappa shape index (κ2) is 6.75. The van der Waals surface area contributed by atoms with Crippen LogP contribution in [0.2, 0.25) is 5.02 Å². The molecule has 1 aliphatic rings. The number of halogens is 2. The first-order chi connectivity index (χ1) is 9.90. The summed E-state index contributed by atoms with van der Waals surface area (Å²) in [6.07, 6.45) is 0. The van der Waals surface area contributed by atoms with Crippen molar-refractivity contribution in [2.75, 3.05) is 19.6 Å². The molecule has 116 valence electrons. The largest absolute Gasteiger partial charge is 0.340 e. The summed E-state index contributed by atoms with van der Waals surface area (Å²) in [6.45, 7) is 8.74. The molecule has 1 fully saturated rings. The van der Waals surface area contributed by atoms with Gasteiger partial charge in [0.25, 0.3) is 0 Å². The van der Waals surface area contributed by atoms with Crippen molar-refractivity contribution in [1.82, 2.24) is 9.80 Å². The van der Waals surface area contributed by atoms with E-state index in [0.717, 1.165) is 13.1 Å². The minimum Gasteiger partial charge on any atom is -0.340 e. The van der Waals surface area contributed by atoms with Crippen molar-refractivity contribution in [2.24, 2.45) is 5.92 Å². The van der Waals surface area contributed by atoms with Crippen molar-refractivity contribution in [3.63, 3.8) is 0 Å². The molecule has 1 aromatic rings. The highest BCUT2D eigenvalue weighted by Gasteiger charge is 2.31. The third kappa shape index (κ3) is 3.74. The molecule has 3 nitrogen and oxygen atoms in total. The molecule has 0 aliphatic carbocycles. The summed E-state index contributed by atoms with van der Waals surface area (Å²) >= 11 is 5.81. The number of carbonyl (C=O) groups excluding carboxylic acids is 1. The maximum absolute atomic E-state index is 14.0. The third-order valence-corrected chi connectivity index (χ3v) is 4.16. The van der Waals surface area contributed by atoms with E-state index in [2.05, 4.69) is 13.8 Å². The van der Waals surface area contributed by atoms with Gasteiger partial charge in [0.1, 0.15) is 5.82 Å². The van der Waals surface area contributed by atoms with Gasteiger partial charge in [-0.15, -0.1) is 0 Å². The second-order valence-corrected chi connectivity index (χ2v) is 6.44. The van der Waals surface area contributed by atoms with Crippen molar-refractivity contribution >= 4 is 17.5 Å².